The monoisotopic (exact) mass is 518 g/mol. The molecule has 0 fully saturated rings. The molecule has 1 aliphatic rings. The maximum Gasteiger partial charge on any atom is 0.422 e. The summed E-state index contributed by atoms with van der Waals surface area (Å²) >= 11 is 8.74. The first-order valence-corrected chi connectivity index (χ1v) is 9.96. The van der Waals surface area contributed by atoms with Crippen molar-refractivity contribution in [2.45, 2.75) is 38.5 Å². The van der Waals surface area contributed by atoms with Crippen LogP contribution in [0.4, 0.5) is 26.3 Å². The maximum absolute atomic E-state index is 12.5. The van der Waals surface area contributed by atoms with Gasteiger partial charge in [0, 0.05) is 10.6 Å². The van der Waals surface area contributed by atoms with Crippen LogP contribution >= 0.6 is 28.1 Å². The Morgan fingerprint density at radius 2 is 1.77 bits per heavy atom. The first-order valence-electron chi connectivity index (χ1n) is 8.76. The summed E-state index contributed by atoms with van der Waals surface area (Å²) in [7, 11) is 0. The minimum atomic E-state index is -4.61. The zero-order chi connectivity index (χ0) is 22.9. The van der Waals surface area contributed by atoms with Crippen LogP contribution in [0.15, 0.2) is 58.5 Å². The van der Waals surface area contributed by atoms with E-state index < -0.39 is 31.3 Å². The lowest BCUT2D eigenvalue weighted by Gasteiger charge is -2.16. The van der Waals surface area contributed by atoms with E-state index in [0.717, 1.165) is 17.0 Å². The Morgan fingerprint density at radius 3 is 2.30 bits per heavy atom. The van der Waals surface area contributed by atoms with Gasteiger partial charge in [-0.3, -0.25) is 0 Å². The fraction of sp³-hybridized carbons (Fsp3) is 0.450. The highest BCUT2D eigenvalue weighted by Gasteiger charge is 2.29. The molecule has 0 heterocycles. The van der Waals surface area contributed by atoms with E-state index in [2.05, 4.69) is 27.2 Å². The molecule has 0 bridgehead atoms. The molecular formula is C20H21BrF6O2S. The second-order valence-electron chi connectivity index (χ2n) is 6.67. The molecule has 30 heavy (non-hydrogen) atoms. The summed E-state index contributed by atoms with van der Waals surface area (Å²) in [6, 6.07) is 0. The van der Waals surface area contributed by atoms with Gasteiger partial charge in [-0.15, -0.1) is 0 Å². The molecule has 10 heteroatoms. The van der Waals surface area contributed by atoms with Gasteiger partial charge in [-0.25, -0.2) is 0 Å². The number of hydrogen-bond donors (Lipinski definition) is 0. The second-order valence-corrected chi connectivity index (χ2v) is 8.17. The minimum Gasteiger partial charge on any atom is -0.485 e. The molecule has 0 N–H and O–H groups in total. The predicted molar refractivity (Wildman–Crippen MR) is 111 cm³/mol. The zero-order valence-electron chi connectivity index (χ0n) is 16.1. The van der Waals surface area contributed by atoms with Crippen LogP contribution in [0.25, 0.3) is 0 Å². The van der Waals surface area contributed by atoms with Gasteiger partial charge in [0.2, 0.25) is 0 Å². The Balaban J connectivity index is 2.77. The Labute approximate surface area is 185 Å². The average Bonchev–Trinajstić information content (AvgIpc) is 2.58. The van der Waals surface area contributed by atoms with Crippen LogP contribution in [0, 0.1) is 5.92 Å². The smallest absolute Gasteiger partial charge is 0.422 e. The lowest BCUT2D eigenvalue weighted by atomic mass is 9.93. The third-order valence-corrected chi connectivity index (χ3v) is 4.52. The van der Waals surface area contributed by atoms with Crippen LogP contribution in [0.2, 0.25) is 0 Å². The highest BCUT2D eigenvalue weighted by Crippen LogP contribution is 2.25. The number of ether oxygens (including phenoxy) is 2. The molecule has 1 aliphatic carbocycles. The number of allylic oxidation sites excluding steroid dienone is 7. The summed E-state index contributed by atoms with van der Waals surface area (Å²) in [6.45, 7) is 1.69. The summed E-state index contributed by atoms with van der Waals surface area (Å²) in [5.74, 6) is -0.552. The van der Waals surface area contributed by atoms with E-state index in [0.29, 0.717) is 23.3 Å². The third-order valence-electron chi connectivity index (χ3n) is 3.62. The molecule has 1 rings (SSSR count). The standard InChI is InChI=1S/C20H21BrF6O2S/c1-13(8-18(30)10-15-3-5-16(21)6-4-15)7-17(29-12-20(25,26)27)9-14(2)28-11-19(22,23)24/h3,5-7,9,15H,2,4,8,10-12H2,1H3/b13-7+,17-9+. The first-order chi connectivity index (χ1) is 13.7. The number of hydrogen-bond acceptors (Lipinski definition) is 3. The van der Waals surface area contributed by atoms with Crippen molar-refractivity contribution in [3.63, 3.8) is 0 Å². The Morgan fingerprint density at radius 1 is 1.17 bits per heavy atom. The Kier molecular flexibility index (Phi) is 10.4. The van der Waals surface area contributed by atoms with Gasteiger partial charge in [0.05, 0.1) is 0 Å². The van der Waals surface area contributed by atoms with Crippen LogP contribution in [0.1, 0.15) is 26.2 Å². The number of alkyl halides is 6. The second kappa shape index (κ2) is 11.7. The summed E-state index contributed by atoms with van der Waals surface area (Å²) in [4.78, 5) is 0.701. The van der Waals surface area contributed by atoms with Gasteiger partial charge < -0.3 is 9.47 Å². The molecule has 0 spiro atoms. The van der Waals surface area contributed by atoms with Gasteiger partial charge in [0.15, 0.2) is 13.2 Å². The summed E-state index contributed by atoms with van der Waals surface area (Å²) in [5, 5.41) is 0. The van der Waals surface area contributed by atoms with Crippen molar-refractivity contribution in [3.05, 3.63) is 58.5 Å². The van der Waals surface area contributed by atoms with E-state index in [-0.39, 0.29) is 11.7 Å². The van der Waals surface area contributed by atoms with Crippen LogP contribution in [0.3, 0.4) is 0 Å². The SMILES string of the molecule is C=C(/C=C(\C=C(/C)CC(=S)CC1C=CC(Br)=CC1)OCC(F)(F)F)OCC(F)(F)F. The quantitative estimate of drug-likeness (QED) is 0.129. The zero-order valence-corrected chi connectivity index (χ0v) is 18.5. The van der Waals surface area contributed by atoms with Crippen molar-refractivity contribution in [1.29, 1.82) is 0 Å². The molecule has 168 valence electrons. The van der Waals surface area contributed by atoms with Gasteiger partial charge in [-0.2, -0.15) is 26.3 Å². The van der Waals surface area contributed by atoms with Crippen molar-refractivity contribution in [2.75, 3.05) is 13.2 Å². The van der Waals surface area contributed by atoms with Crippen molar-refractivity contribution < 1.29 is 35.8 Å². The van der Waals surface area contributed by atoms with Gasteiger partial charge in [0.25, 0.3) is 0 Å². The van der Waals surface area contributed by atoms with E-state index >= 15 is 0 Å². The number of thiocarbonyl (C=S) groups is 1. The van der Waals surface area contributed by atoms with Crippen molar-refractivity contribution >= 4 is 33.0 Å². The molecule has 0 aliphatic heterocycles. The average molecular weight is 519 g/mol. The van der Waals surface area contributed by atoms with Crippen LogP contribution in [-0.4, -0.2) is 30.4 Å². The molecule has 0 saturated heterocycles. The highest BCUT2D eigenvalue weighted by molar-refractivity contribution is 9.11. The largest absolute Gasteiger partial charge is 0.485 e. The summed E-state index contributed by atoms with van der Waals surface area (Å²) in [6.07, 6.45) is 0.700. The Bertz CT molecular complexity index is 747. The van der Waals surface area contributed by atoms with E-state index in [4.69, 9.17) is 17.0 Å². The van der Waals surface area contributed by atoms with Gasteiger partial charge in [-0.05, 0) is 43.0 Å². The fourth-order valence-electron chi connectivity index (χ4n) is 2.42. The summed E-state index contributed by atoms with van der Waals surface area (Å²) < 4.78 is 84.2. The van der Waals surface area contributed by atoms with Crippen LogP contribution < -0.4 is 0 Å². The molecule has 0 radical (unpaired) electrons. The highest BCUT2D eigenvalue weighted by atomic mass is 79.9. The predicted octanol–water partition coefficient (Wildman–Crippen LogP) is 7.49. The maximum atomic E-state index is 12.5. The molecule has 0 aromatic heterocycles. The van der Waals surface area contributed by atoms with Gasteiger partial charge >= 0.3 is 12.4 Å². The molecule has 1 atom stereocenters. The molecule has 0 amide bonds. The van der Waals surface area contributed by atoms with Crippen molar-refractivity contribution in [2.24, 2.45) is 5.92 Å². The minimum absolute atomic E-state index is 0.235. The molecule has 1 unspecified atom stereocenters. The lowest BCUT2D eigenvalue weighted by molar-refractivity contribution is -0.164. The van der Waals surface area contributed by atoms with Crippen LogP contribution in [-0.2, 0) is 9.47 Å². The number of halogens is 7. The lowest BCUT2D eigenvalue weighted by Crippen LogP contribution is -2.17. The van der Waals surface area contributed by atoms with E-state index in [1.165, 1.54) is 6.08 Å². The summed E-state index contributed by atoms with van der Waals surface area (Å²) in [5.41, 5.74) is 0.591. The fourth-order valence-corrected chi connectivity index (χ4v) is 3.21. The van der Waals surface area contributed by atoms with E-state index in [1.54, 1.807) is 6.92 Å². The van der Waals surface area contributed by atoms with Crippen LogP contribution in [0.5, 0.6) is 0 Å². The first kappa shape index (κ1) is 26.5. The molecule has 0 aromatic rings. The molecular weight excluding hydrogens is 498 g/mol. The van der Waals surface area contributed by atoms with Gasteiger partial charge in [-0.1, -0.05) is 58.5 Å². The molecule has 0 aromatic carbocycles. The van der Waals surface area contributed by atoms with E-state index in [9.17, 15) is 26.3 Å². The third kappa shape index (κ3) is 12.9. The number of rotatable bonds is 10. The molecule has 0 saturated carbocycles. The topological polar surface area (TPSA) is 18.5 Å². The molecule has 2 nitrogen and oxygen atoms in total. The Hall–Kier alpha value is -1.55. The van der Waals surface area contributed by atoms with Crippen molar-refractivity contribution in [1.82, 2.24) is 0 Å². The van der Waals surface area contributed by atoms with Crippen molar-refractivity contribution in [3.8, 4) is 0 Å². The normalized spacial score (nSPS) is 18.1. The van der Waals surface area contributed by atoms with Gasteiger partial charge in [0.1, 0.15) is 11.5 Å². The van der Waals surface area contributed by atoms with E-state index in [1.807, 2.05) is 18.2 Å².